The first-order chi connectivity index (χ1) is 11.3. The summed E-state index contributed by atoms with van der Waals surface area (Å²) in [6.07, 6.45) is 2.65. The number of hydrogen-bond donors (Lipinski definition) is 1. The molecule has 0 fully saturated rings. The summed E-state index contributed by atoms with van der Waals surface area (Å²) in [5, 5.41) is 11.5. The Morgan fingerprint density at radius 2 is 1.67 bits per heavy atom. The molecule has 0 atom stereocenters. The summed E-state index contributed by atoms with van der Waals surface area (Å²) >= 11 is 0. The van der Waals surface area contributed by atoms with Crippen LogP contribution in [0.1, 0.15) is 32.3 Å². The summed E-state index contributed by atoms with van der Waals surface area (Å²) in [5.41, 5.74) is 1.24. The fourth-order valence-corrected chi connectivity index (χ4v) is 2.98. The average molecular weight is 335 g/mol. The average Bonchev–Trinajstić information content (AvgIpc) is 2.51. The SMILES string of the molecule is COc1cc(CN(O)C2=CC(=O)CC(C)(C)C2)cc(OC)c1OC. The van der Waals surface area contributed by atoms with Gasteiger partial charge in [0.05, 0.1) is 27.9 Å². The lowest BCUT2D eigenvalue weighted by molar-refractivity contribution is -0.119. The number of allylic oxidation sites excluding steroid dienone is 2. The predicted molar refractivity (Wildman–Crippen MR) is 89.5 cm³/mol. The van der Waals surface area contributed by atoms with E-state index in [1.54, 1.807) is 33.5 Å². The number of nitrogens with zero attached hydrogens (tertiary/aromatic N) is 1. The molecule has 0 aliphatic heterocycles. The third kappa shape index (κ3) is 4.00. The van der Waals surface area contributed by atoms with Gasteiger partial charge >= 0.3 is 0 Å². The molecular weight excluding hydrogens is 310 g/mol. The van der Waals surface area contributed by atoms with Crippen molar-refractivity contribution in [1.82, 2.24) is 5.06 Å². The summed E-state index contributed by atoms with van der Waals surface area (Å²) in [6.45, 7) is 4.25. The third-order valence-electron chi connectivity index (χ3n) is 4.03. The summed E-state index contributed by atoms with van der Waals surface area (Å²) in [5.74, 6) is 1.58. The number of methoxy groups -OCH3 is 3. The second-order valence-electron chi connectivity index (χ2n) is 6.71. The zero-order chi connectivity index (χ0) is 17.9. The largest absolute Gasteiger partial charge is 0.493 e. The van der Waals surface area contributed by atoms with Crippen LogP contribution < -0.4 is 14.2 Å². The molecule has 132 valence electrons. The van der Waals surface area contributed by atoms with Crippen LogP contribution in [0.5, 0.6) is 17.2 Å². The summed E-state index contributed by atoms with van der Waals surface area (Å²) < 4.78 is 15.9. The van der Waals surface area contributed by atoms with Crippen LogP contribution in [-0.4, -0.2) is 37.4 Å². The van der Waals surface area contributed by atoms with Crippen molar-refractivity contribution in [3.63, 3.8) is 0 Å². The van der Waals surface area contributed by atoms with E-state index in [1.165, 1.54) is 6.08 Å². The Morgan fingerprint density at radius 3 is 2.12 bits per heavy atom. The molecule has 1 aromatic rings. The second-order valence-corrected chi connectivity index (χ2v) is 6.71. The van der Waals surface area contributed by atoms with Crippen molar-refractivity contribution < 1.29 is 24.2 Å². The van der Waals surface area contributed by atoms with Crippen molar-refractivity contribution in [2.24, 2.45) is 5.41 Å². The first kappa shape index (κ1) is 18.1. The van der Waals surface area contributed by atoms with E-state index in [1.807, 2.05) is 13.8 Å². The lowest BCUT2D eigenvalue weighted by atomic mass is 9.79. The maximum Gasteiger partial charge on any atom is 0.203 e. The molecule has 0 radical (unpaired) electrons. The number of carbonyl (C=O) groups excluding carboxylic acids is 1. The molecule has 0 saturated carbocycles. The molecule has 0 bridgehead atoms. The zero-order valence-corrected chi connectivity index (χ0v) is 14.9. The fourth-order valence-electron chi connectivity index (χ4n) is 2.98. The quantitative estimate of drug-likeness (QED) is 0.805. The van der Waals surface area contributed by atoms with Crippen LogP contribution in [0.3, 0.4) is 0 Å². The molecule has 1 aliphatic rings. The van der Waals surface area contributed by atoms with E-state index in [4.69, 9.17) is 14.2 Å². The zero-order valence-electron chi connectivity index (χ0n) is 14.9. The minimum atomic E-state index is -0.155. The number of carbonyl (C=O) groups is 1. The standard InChI is InChI=1S/C18H25NO5/c1-18(2)9-13(8-14(20)10-18)19(21)11-12-6-15(22-3)17(24-5)16(7-12)23-4/h6-8,21H,9-11H2,1-5H3. The summed E-state index contributed by atoms with van der Waals surface area (Å²) in [6, 6.07) is 3.56. The number of rotatable bonds is 6. The lowest BCUT2D eigenvalue weighted by Gasteiger charge is -2.32. The Balaban J connectivity index is 2.26. The van der Waals surface area contributed by atoms with Crippen molar-refractivity contribution in [3.05, 3.63) is 29.5 Å². The maximum absolute atomic E-state index is 11.9. The number of ether oxygens (including phenoxy) is 3. The number of ketones is 1. The molecule has 2 rings (SSSR count). The molecule has 0 aromatic heterocycles. The van der Waals surface area contributed by atoms with Gasteiger partial charge in [-0.3, -0.25) is 15.1 Å². The minimum absolute atomic E-state index is 0.0326. The predicted octanol–water partition coefficient (Wildman–Crippen LogP) is 3.18. The molecule has 1 aromatic carbocycles. The number of benzene rings is 1. The molecule has 6 nitrogen and oxygen atoms in total. The van der Waals surface area contributed by atoms with Crippen LogP contribution in [0, 0.1) is 5.41 Å². The van der Waals surface area contributed by atoms with Gasteiger partial charge in [-0.1, -0.05) is 13.8 Å². The monoisotopic (exact) mass is 335 g/mol. The lowest BCUT2D eigenvalue weighted by Crippen LogP contribution is -2.29. The van der Waals surface area contributed by atoms with Gasteiger partial charge in [-0.2, -0.15) is 0 Å². The number of hydrogen-bond acceptors (Lipinski definition) is 6. The van der Waals surface area contributed by atoms with Crippen molar-refractivity contribution in [2.75, 3.05) is 21.3 Å². The van der Waals surface area contributed by atoms with Crippen LogP contribution in [0.25, 0.3) is 0 Å². The van der Waals surface area contributed by atoms with Gasteiger partial charge in [0.2, 0.25) is 5.75 Å². The van der Waals surface area contributed by atoms with Gasteiger partial charge in [0.25, 0.3) is 0 Å². The highest BCUT2D eigenvalue weighted by Crippen LogP contribution is 2.39. The van der Waals surface area contributed by atoms with Crippen molar-refractivity contribution >= 4 is 5.78 Å². The van der Waals surface area contributed by atoms with Crippen molar-refractivity contribution in [3.8, 4) is 17.2 Å². The number of hydroxylamine groups is 2. The van der Waals surface area contributed by atoms with Crippen LogP contribution in [0.4, 0.5) is 0 Å². The Hall–Kier alpha value is -2.21. The van der Waals surface area contributed by atoms with Gasteiger partial charge in [0.15, 0.2) is 17.3 Å². The molecule has 24 heavy (non-hydrogen) atoms. The highest BCUT2D eigenvalue weighted by Gasteiger charge is 2.29. The van der Waals surface area contributed by atoms with Gasteiger partial charge in [-0.15, -0.1) is 0 Å². The van der Waals surface area contributed by atoms with Crippen LogP contribution >= 0.6 is 0 Å². The fraction of sp³-hybridized carbons (Fsp3) is 0.500. The third-order valence-corrected chi connectivity index (χ3v) is 4.03. The second kappa shape index (κ2) is 7.13. The molecule has 0 amide bonds. The summed E-state index contributed by atoms with van der Waals surface area (Å²) in [4.78, 5) is 11.9. The van der Waals surface area contributed by atoms with E-state index in [0.29, 0.717) is 35.8 Å². The molecule has 6 heteroatoms. The highest BCUT2D eigenvalue weighted by atomic mass is 16.5. The highest BCUT2D eigenvalue weighted by molar-refractivity contribution is 5.91. The van der Waals surface area contributed by atoms with E-state index in [2.05, 4.69) is 0 Å². The van der Waals surface area contributed by atoms with Gasteiger partial charge in [0, 0.05) is 18.2 Å². The Bertz CT molecular complexity index is 626. The molecule has 0 unspecified atom stereocenters. The van der Waals surface area contributed by atoms with Gasteiger partial charge in [-0.25, -0.2) is 0 Å². The maximum atomic E-state index is 11.9. The molecule has 1 N–H and O–H groups in total. The first-order valence-corrected chi connectivity index (χ1v) is 7.78. The molecule has 1 aliphatic carbocycles. The van der Waals surface area contributed by atoms with E-state index in [9.17, 15) is 10.0 Å². The summed E-state index contributed by atoms with van der Waals surface area (Å²) in [7, 11) is 4.63. The Kier molecular flexibility index (Phi) is 5.39. The van der Waals surface area contributed by atoms with E-state index >= 15 is 0 Å². The Labute approximate surface area is 142 Å². The minimum Gasteiger partial charge on any atom is -0.493 e. The van der Waals surface area contributed by atoms with Gasteiger partial charge < -0.3 is 14.2 Å². The Morgan fingerprint density at radius 1 is 1.08 bits per heavy atom. The van der Waals surface area contributed by atoms with E-state index in [0.717, 1.165) is 10.6 Å². The smallest absolute Gasteiger partial charge is 0.203 e. The van der Waals surface area contributed by atoms with Crippen molar-refractivity contribution in [2.45, 2.75) is 33.2 Å². The molecular formula is C18H25NO5. The van der Waals surface area contributed by atoms with Crippen LogP contribution in [0.15, 0.2) is 23.9 Å². The van der Waals surface area contributed by atoms with Crippen LogP contribution in [-0.2, 0) is 11.3 Å². The van der Waals surface area contributed by atoms with Gasteiger partial charge in [0.1, 0.15) is 0 Å². The first-order valence-electron chi connectivity index (χ1n) is 7.78. The molecule has 0 saturated heterocycles. The van der Waals surface area contributed by atoms with Crippen molar-refractivity contribution in [1.29, 1.82) is 0 Å². The topological polar surface area (TPSA) is 68.2 Å². The molecule has 0 spiro atoms. The van der Waals surface area contributed by atoms with Gasteiger partial charge in [-0.05, 0) is 29.5 Å². The van der Waals surface area contributed by atoms with E-state index < -0.39 is 0 Å². The van der Waals surface area contributed by atoms with Crippen LogP contribution in [0.2, 0.25) is 0 Å². The van der Waals surface area contributed by atoms with E-state index in [-0.39, 0.29) is 17.7 Å². The normalized spacial score (nSPS) is 16.4. The molecule has 0 heterocycles.